The zero-order valence-corrected chi connectivity index (χ0v) is 18.2. The number of carbonyl (C=O) groups is 1. The number of methoxy groups -OCH3 is 1. The first-order chi connectivity index (χ1) is 15.6. The lowest BCUT2D eigenvalue weighted by atomic mass is 10.0. The van der Waals surface area contributed by atoms with Crippen LogP contribution in [-0.2, 0) is 17.8 Å². The summed E-state index contributed by atoms with van der Waals surface area (Å²) in [5, 5.41) is 19.5. The normalized spacial score (nSPS) is 15.6. The van der Waals surface area contributed by atoms with Gasteiger partial charge in [-0.15, -0.1) is 0 Å². The fourth-order valence-corrected chi connectivity index (χ4v) is 4.58. The second-order valence-electron chi connectivity index (χ2n) is 8.02. The maximum Gasteiger partial charge on any atom is 0.267 e. The molecule has 168 valence electrons. The van der Waals surface area contributed by atoms with Crippen molar-refractivity contribution < 1.29 is 19.8 Å². The van der Waals surface area contributed by atoms with E-state index in [4.69, 9.17) is 9.94 Å². The van der Waals surface area contributed by atoms with Crippen LogP contribution in [0.2, 0.25) is 0 Å². The van der Waals surface area contributed by atoms with Gasteiger partial charge < -0.3 is 14.4 Å². The molecule has 32 heavy (non-hydrogen) atoms. The number of nitrogens with one attached hydrogen (secondary N) is 1. The van der Waals surface area contributed by atoms with Gasteiger partial charge >= 0.3 is 0 Å². The van der Waals surface area contributed by atoms with Gasteiger partial charge in [0.2, 0.25) is 0 Å². The summed E-state index contributed by atoms with van der Waals surface area (Å²) in [6.45, 7) is 2.37. The number of aliphatic hydroxyl groups is 1. The second kappa shape index (κ2) is 9.99. The molecule has 4 rings (SSSR count). The van der Waals surface area contributed by atoms with Crippen molar-refractivity contribution in [1.82, 2.24) is 14.9 Å². The molecule has 3 aromatic rings. The predicted octanol–water partition coefficient (Wildman–Crippen LogP) is 3.15. The van der Waals surface area contributed by atoms with Crippen molar-refractivity contribution in [3.05, 3.63) is 71.4 Å². The van der Waals surface area contributed by atoms with Gasteiger partial charge in [0.05, 0.1) is 19.2 Å². The van der Waals surface area contributed by atoms with Crippen molar-refractivity contribution >= 4 is 22.9 Å². The Balaban J connectivity index is 1.50. The van der Waals surface area contributed by atoms with Crippen LogP contribution in [0.3, 0.4) is 0 Å². The molecule has 0 bridgehead atoms. The molecule has 1 aliphatic carbocycles. The van der Waals surface area contributed by atoms with Crippen LogP contribution >= 0.6 is 0 Å². The maximum absolute atomic E-state index is 11.2. The number of fused-ring (bicyclic) bond motifs is 2. The molecule has 0 saturated heterocycles. The standard InChI is InChI=1S/C25H29N3O4/c1-32-21-6-4-19-10-11-27(24(19)17-21)12-13-28(14-15-29)23-8-5-20-16-18(2-7-22(20)23)3-9-25(30)26-31/h2-4,6-7,9-11,16-17,23,29,31H,5,8,12-15H2,1H3,(H,26,30)/b9-3+. The minimum Gasteiger partial charge on any atom is -0.497 e. The number of hydrogen-bond acceptors (Lipinski definition) is 5. The summed E-state index contributed by atoms with van der Waals surface area (Å²) >= 11 is 0. The van der Waals surface area contributed by atoms with Crippen molar-refractivity contribution in [2.45, 2.75) is 25.4 Å². The average Bonchev–Trinajstić information content (AvgIpc) is 3.43. The van der Waals surface area contributed by atoms with Gasteiger partial charge in [-0.25, -0.2) is 5.48 Å². The lowest BCUT2D eigenvalue weighted by Crippen LogP contribution is -2.33. The van der Waals surface area contributed by atoms with Crippen LogP contribution in [0.1, 0.15) is 29.2 Å². The third-order valence-electron chi connectivity index (χ3n) is 6.19. The van der Waals surface area contributed by atoms with Crippen LogP contribution in [0.4, 0.5) is 0 Å². The Labute approximate surface area is 187 Å². The number of carbonyl (C=O) groups excluding carboxylic acids is 1. The van der Waals surface area contributed by atoms with Crippen LogP contribution in [-0.4, -0.2) is 52.5 Å². The van der Waals surface area contributed by atoms with Crippen LogP contribution in [0.15, 0.2) is 54.7 Å². The Morgan fingerprint density at radius 3 is 2.91 bits per heavy atom. The van der Waals surface area contributed by atoms with Gasteiger partial charge in [0.25, 0.3) is 5.91 Å². The number of benzene rings is 2. The Hall–Kier alpha value is -3.13. The summed E-state index contributed by atoms with van der Waals surface area (Å²) in [5.41, 5.74) is 6.21. The highest BCUT2D eigenvalue weighted by molar-refractivity contribution is 5.90. The van der Waals surface area contributed by atoms with E-state index in [0.717, 1.165) is 42.8 Å². The quantitative estimate of drug-likeness (QED) is 0.273. The zero-order valence-electron chi connectivity index (χ0n) is 18.2. The fraction of sp³-hybridized carbons (Fsp3) is 0.320. The van der Waals surface area contributed by atoms with Gasteiger partial charge in [-0.2, -0.15) is 0 Å². The summed E-state index contributed by atoms with van der Waals surface area (Å²) in [5.74, 6) is 0.295. The number of amides is 1. The molecule has 1 atom stereocenters. The molecule has 2 aromatic carbocycles. The topological polar surface area (TPSA) is 87.0 Å². The first-order valence-electron chi connectivity index (χ1n) is 10.9. The lowest BCUT2D eigenvalue weighted by Gasteiger charge is -2.29. The highest BCUT2D eigenvalue weighted by Gasteiger charge is 2.27. The first-order valence-corrected chi connectivity index (χ1v) is 10.9. The molecular formula is C25H29N3O4. The number of aromatic nitrogens is 1. The molecule has 0 fully saturated rings. The smallest absolute Gasteiger partial charge is 0.267 e. The molecule has 0 saturated carbocycles. The van der Waals surface area contributed by atoms with Gasteiger partial charge in [0.15, 0.2) is 0 Å². The number of ether oxygens (including phenoxy) is 1. The Bertz CT molecular complexity index is 1120. The number of aryl methyl sites for hydroxylation is 1. The third-order valence-corrected chi connectivity index (χ3v) is 6.19. The van der Waals surface area contributed by atoms with E-state index in [-0.39, 0.29) is 12.6 Å². The largest absolute Gasteiger partial charge is 0.497 e. The van der Waals surface area contributed by atoms with Crippen molar-refractivity contribution in [2.24, 2.45) is 0 Å². The van der Waals surface area contributed by atoms with Gasteiger partial charge in [-0.3, -0.25) is 14.9 Å². The van der Waals surface area contributed by atoms with Crippen molar-refractivity contribution in [3.8, 4) is 5.75 Å². The Morgan fingerprint density at radius 2 is 2.12 bits per heavy atom. The molecule has 0 radical (unpaired) electrons. The van der Waals surface area contributed by atoms with Crippen molar-refractivity contribution in [3.63, 3.8) is 0 Å². The molecule has 3 N–H and O–H groups in total. The number of aliphatic hydroxyl groups excluding tert-OH is 1. The number of hydrogen-bond donors (Lipinski definition) is 3. The molecule has 1 aromatic heterocycles. The zero-order chi connectivity index (χ0) is 22.5. The highest BCUT2D eigenvalue weighted by Crippen LogP contribution is 2.36. The summed E-state index contributed by atoms with van der Waals surface area (Å²) in [6, 6.07) is 14.7. The van der Waals surface area contributed by atoms with E-state index in [1.807, 2.05) is 12.1 Å². The molecule has 1 heterocycles. The number of hydroxylamine groups is 1. The van der Waals surface area contributed by atoms with Crippen LogP contribution in [0.5, 0.6) is 5.75 Å². The molecule has 7 heteroatoms. The minimum absolute atomic E-state index is 0.114. The van der Waals surface area contributed by atoms with Crippen molar-refractivity contribution in [1.29, 1.82) is 0 Å². The molecule has 7 nitrogen and oxygen atoms in total. The van der Waals surface area contributed by atoms with E-state index in [2.05, 4.69) is 46.0 Å². The Kier molecular flexibility index (Phi) is 6.90. The van der Waals surface area contributed by atoms with Gasteiger partial charge in [-0.05, 0) is 59.2 Å². The second-order valence-corrected chi connectivity index (χ2v) is 8.02. The van der Waals surface area contributed by atoms with E-state index in [1.54, 1.807) is 18.7 Å². The summed E-state index contributed by atoms with van der Waals surface area (Å²) in [6.07, 6.45) is 7.06. The predicted molar refractivity (Wildman–Crippen MR) is 124 cm³/mol. The average molecular weight is 436 g/mol. The van der Waals surface area contributed by atoms with E-state index < -0.39 is 5.91 Å². The third kappa shape index (κ3) is 4.70. The number of nitrogens with zero attached hydrogens (tertiary/aromatic N) is 2. The summed E-state index contributed by atoms with van der Waals surface area (Å²) in [4.78, 5) is 13.6. The SMILES string of the molecule is COc1ccc2ccn(CCN(CCO)C3CCc4cc(/C=C/C(=O)NO)ccc43)c2c1. The number of rotatable bonds is 9. The van der Waals surface area contributed by atoms with E-state index >= 15 is 0 Å². The summed E-state index contributed by atoms with van der Waals surface area (Å²) < 4.78 is 7.62. The lowest BCUT2D eigenvalue weighted by molar-refractivity contribution is -0.124. The monoisotopic (exact) mass is 435 g/mol. The fourth-order valence-electron chi connectivity index (χ4n) is 4.58. The molecule has 0 aliphatic heterocycles. The van der Waals surface area contributed by atoms with E-state index in [1.165, 1.54) is 22.6 Å². The van der Waals surface area contributed by atoms with Gasteiger partial charge in [0, 0.05) is 44.0 Å². The van der Waals surface area contributed by atoms with Crippen molar-refractivity contribution in [2.75, 3.05) is 26.8 Å². The van der Waals surface area contributed by atoms with Crippen LogP contribution in [0, 0.1) is 0 Å². The van der Waals surface area contributed by atoms with Gasteiger partial charge in [0.1, 0.15) is 5.75 Å². The molecule has 1 amide bonds. The molecule has 1 unspecified atom stereocenters. The highest BCUT2D eigenvalue weighted by atomic mass is 16.5. The molecule has 0 spiro atoms. The maximum atomic E-state index is 11.2. The molecular weight excluding hydrogens is 406 g/mol. The van der Waals surface area contributed by atoms with E-state index in [0.29, 0.717) is 6.54 Å². The van der Waals surface area contributed by atoms with Crippen LogP contribution in [0.25, 0.3) is 17.0 Å². The Morgan fingerprint density at radius 1 is 1.25 bits per heavy atom. The van der Waals surface area contributed by atoms with E-state index in [9.17, 15) is 9.90 Å². The minimum atomic E-state index is -0.548. The first kappa shape index (κ1) is 22.1. The van der Waals surface area contributed by atoms with Crippen LogP contribution < -0.4 is 10.2 Å². The molecule has 1 aliphatic rings. The summed E-state index contributed by atoms with van der Waals surface area (Å²) in [7, 11) is 1.68. The van der Waals surface area contributed by atoms with Gasteiger partial charge in [-0.1, -0.05) is 18.2 Å².